The summed E-state index contributed by atoms with van der Waals surface area (Å²) >= 11 is 0. The lowest BCUT2D eigenvalue weighted by Gasteiger charge is -2.30. The molecular weight excluding hydrogens is 494 g/mol. The smallest absolute Gasteiger partial charge is 0.407 e. The van der Waals surface area contributed by atoms with Crippen LogP contribution < -0.4 is 10.1 Å². The lowest BCUT2D eigenvalue weighted by Crippen LogP contribution is -2.51. The van der Waals surface area contributed by atoms with Crippen LogP contribution in [0.15, 0.2) is 59.5 Å². The number of aliphatic hydroxyl groups is 1. The monoisotopic (exact) mass is 531 g/mol. The number of nitriles is 1. The molecule has 0 aliphatic heterocycles. The number of amides is 1. The lowest BCUT2D eigenvalue weighted by atomic mass is 10.0. The first-order valence-corrected chi connectivity index (χ1v) is 13.6. The molecule has 0 spiro atoms. The van der Waals surface area contributed by atoms with Crippen LogP contribution in [0.1, 0.15) is 45.6 Å². The highest BCUT2D eigenvalue weighted by Crippen LogP contribution is 2.21. The van der Waals surface area contributed by atoms with E-state index >= 15 is 0 Å². The van der Waals surface area contributed by atoms with Gasteiger partial charge in [-0.25, -0.2) is 13.2 Å². The van der Waals surface area contributed by atoms with Gasteiger partial charge in [-0.05, 0) is 69.9 Å². The van der Waals surface area contributed by atoms with Gasteiger partial charge in [0, 0.05) is 19.5 Å². The van der Waals surface area contributed by atoms with E-state index in [9.17, 15) is 18.3 Å². The van der Waals surface area contributed by atoms with Gasteiger partial charge in [-0.2, -0.15) is 9.57 Å². The summed E-state index contributed by atoms with van der Waals surface area (Å²) in [5.74, 6) is 0.518. The standard InChI is InChI=1S/C27H37N3O6S/c1-27(2,3)36-26(32)29-24(19-21-11-7-5-8-12-21)25(31)20-30(18-10-6-9-17-28)37(33,34)23-15-13-22(35-4)14-16-23/h5,7-8,11-16,24-25,31H,6,9-10,18-20H2,1-4H3,(H,29,32)/t24-,25+/m0/s1. The third-order valence-electron chi connectivity index (χ3n) is 5.50. The predicted molar refractivity (Wildman–Crippen MR) is 141 cm³/mol. The molecule has 0 unspecified atom stereocenters. The SMILES string of the molecule is COc1ccc(S(=O)(=O)N(CCCCC#N)C[C@@H](O)[C@H](Cc2ccccc2)NC(=O)OC(C)(C)C)cc1. The van der Waals surface area contributed by atoms with E-state index in [2.05, 4.69) is 11.4 Å². The number of sulfonamides is 1. The number of hydrogen-bond acceptors (Lipinski definition) is 7. The van der Waals surface area contributed by atoms with Crippen molar-refractivity contribution in [3.8, 4) is 11.8 Å². The van der Waals surface area contributed by atoms with Crippen molar-refractivity contribution < 1.29 is 27.8 Å². The number of nitrogens with one attached hydrogen (secondary N) is 1. The maximum Gasteiger partial charge on any atom is 0.407 e. The molecule has 37 heavy (non-hydrogen) atoms. The first kappa shape index (κ1) is 30.1. The maximum absolute atomic E-state index is 13.5. The van der Waals surface area contributed by atoms with Gasteiger partial charge in [-0.15, -0.1) is 0 Å². The molecule has 0 saturated carbocycles. The highest BCUT2D eigenvalue weighted by Gasteiger charge is 2.31. The zero-order valence-corrected chi connectivity index (χ0v) is 22.7. The molecule has 202 valence electrons. The quantitative estimate of drug-likeness (QED) is 0.375. The van der Waals surface area contributed by atoms with E-state index in [1.54, 1.807) is 32.9 Å². The molecule has 0 aliphatic carbocycles. The molecule has 2 N–H and O–H groups in total. The molecule has 0 aliphatic rings. The number of carbonyl (C=O) groups excluding carboxylic acids is 1. The van der Waals surface area contributed by atoms with E-state index in [1.165, 1.54) is 23.5 Å². The zero-order chi connectivity index (χ0) is 27.5. The van der Waals surface area contributed by atoms with Crippen LogP contribution in [0.25, 0.3) is 0 Å². The molecule has 0 bridgehead atoms. The van der Waals surface area contributed by atoms with Crippen molar-refractivity contribution >= 4 is 16.1 Å². The number of alkyl carbamates (subject to hydrolysis) is 1. The van der Waals surface area contributed by atoms with Crippen molar-refractivity contribution in [3.05, 3.63) is 60.2 Å². The van der Waals surface area contributed by atoms with Crippen LogP contribution >= 0.6 is 0 Å². The van der Waals surface area contributed by atoms with Gasteiger partial charge in [0.05, 0.1) is 30.2 Å². The second-order valence-electron chi connectivity index (χ2n) is 9.66. The number of carbonyl (C=O) groups is 1. The van der Waals surface area contributed by atoms with Gasteiger partial charge in [-0.1, -0.05) is 30.3 Å². The van der Waals surface area contributed by atoms with Gasteiger partial charge in [0.2, 0.25) is 10.0 Å². The van der Waals surface area contributed by atoms with E-state index in [0.29, 0.717) is 25.0 Å². The van der Waals surface area contributed by atoms with Crippen molar-refractivity contribution in [2.45, 2.75) is 69.1 Å². The van der Waals surface area contributed by atoms with Crippen LogP contribution in [0.4, 0.5) is 4.79 Å². The lowest BCUT2D eigenvalue weighted by molar-refractivity contribution is 0.0402. The molecule has 2 aromatic rings. The minimum Gasteiger partial charge on any atom is -0.497 e. The van der Waals surface area contributed by atoms with E-state index < -0.39 is 33.9 Å². The molecule has 0 radical (unpaired) electrons. The first-order valence-electron chi connectivity index (χ1n) is 12.2. The number of aliphatic hydroxyl groups excluding tert-OH is 1. The molecular formula is C27H37N3O6S. The van der Waals surface area contributed by atoms with Crippen molar-refractivity contribution in [3.63, 3.8) is 0 Å². The summed E-state index contributed by atoms with van der Waals surface area (Å²) in [7, 11) is -2.49. The maximum atomic E-state index is 13.5. The van der Waals surface area contributed by atoms with Crippen LogP contribution in [0.2, 0.25) is 0 Å². The van der Waals surface area contributed by atoms with Gasteiger partial charge in [-0.3, -0.25) is 0 Å². The van der Waals surface area contributed by atoms with Crippen molar-refractivity contribution in [1.29, 1.82) is 5.26 Å². The molecule has 1 amide bonds. The highest BCUT2D eigenvalue weighted by atomic mass is 32.2. The number of unbranched alkanes of at least 4 members (excludes halogenated alkanes) is 2. The fourth-order valence-electron chi connectivity index (χ4n) is 3.64. The molecule has 2 aromatic carbocycles. The van der Waals surface area contributed by atoms with Gasteiger partial charge in [0.1, 0.15) is 11.4 Å². The predicted octanol–water partition coefficient (Wildman–Crippen LogP) is 3.88. The summed E-state index contributed by atoms with van der Waals surface area (Å²) in [6, 6.07) is 16.5. The normalized spacial score (nSPS) is 13.4. The van der Waals surface area contributed by atoms with Crippen LogP contribution in [0.5, 0.6) is 5.75 Å². The number of hydrogen-bond donors (Lipinski definition) is 2. The molecule has 9 nitrogen and oxygen atoms in total. The third-order valence-corrected chi connectivity index (χ3v) is 7.38. The number of benzene rings is 2. The third kappa shape index (κ3) is 10.0. The van der Waals surface area contributed by atoms with E-state index in [1.807, 2.05) is 30.3 Å². The minimum atomic E-state index is -3.98. The Morgan fingerprint density at radius 3 is 2.32 bits per heavy atom. The fourth-order valence-corrected chi connectivity index (χ4v) is 5.14. The van der Waals surface area contributed by atoms with E-state index in [4.69, 9.17) is 14.7 Å². The molecule has 0 fully saturated rings. The second-order valence-corrected chi connectivity index (χ2v) is 11.6. The molecule has 0 heterocycles. The van der Waals surface area contributed by atoms with Gasteiger partial charge in [0.15, 0.2) is 0 Å². The van der Waals surface area contributed by atoms with Crippen LogP contribution in [0.3, 0.4) is 0 Å². The summed E-state index contributed by atoms with van der Waals surface area (Å²) in [6.07, 6.45) is -0.409. The summed E-state index contributed by atoms with van der Waals surface area (Å²) in [5.41, 5.74) is 0.123. The van der Waals surface area contributed by atoms with Gasteiger partial charge < -0.3 is 19.9 Å². The highest BCUT2D eigenvalue weighted by molar-refractivity contribution is 7.89. The van der Waals surface area contributed by atoms with Gasteiger partial charge >= 0.3 is 6.09 Å². The topological polar surface area (TPSA) is 129 Å². The Balaban J connectivity index is 2.31. The Morgan fingerprint density at radius 1 is 1.11 bits per heavy atom. The molecule has 2 atom stereocenters. The van der Waals surface area contributed by atoms with Crippen molar-refractivity contribution in [2.24, 2.45) is 0 Å². The minimum absolute atomic E-state index is 0.0560. The first-order chi connectivity index (χ1) is 17.5. The Morgan fingerprint density at radius 2 is 1.76 bits per heavy atom. The average Bonchev–Trinajstić information content (AvgIpc) is 2.84. The Kier molecular flexibility index (Phi) is 11.4. The second kappa shape index (κ2) is 14.0. The number of methoxy groups -OCH3 is 1. The molecule has 0 saturated heterocycles. The van der Waals surface area contributed by atoms with E-state index in [0.717, 1.165) is 5.56 Å². The van der Waals surface area contributed by atoms with Crippen LogP contribution in [-0.4, -0.2) is 61.9 Å². The average molecular weight is 532 g/mol. The number of nitrogens with zero attached hydrogens (tertiary/aromatic N) is 2. The van der Waals surface area contributed by atoms with Crippen LogP contribution in [0, 0.1) is 11.3 Å². The number of ether oxygens (including phenoxy) is 2. The number of rotatable bonds is 13. The molecule has 2 rings (SSSR count). The fraction of sp³-hybridized carbons (Fsp3) is 0.481. The summed E-state index contributed by atoms with van der Waals surface area (Å²) in [4.78, 5) is 12.6. The summed E-state index contributed by atoms with van der Waals surface area (Å²) in [6.45, 7) is 5.06. The Hall–Kier alpha value is -3.13. The molecule has 0 aromatic heterocycles. The zero-order valence-electron chi connectivity index (χ0n) is 21.9. The Labute approximate surface area is 220 Å². The summed E-state index contributed by atoms with van der Waals surface area (Å²) in [5, 5.41) is 22.8. The Bertz CT molecular complexity index is 1130. The summed E-state index contributed by atoms with van der Waals surface area (Å²) < 4.78 is 38.7. The van der Waals surface area contributed by atoms with Crippen molar-refractivity contribution in [1.82, 2.24) is 9.62 Å². The van der Waals surface area contributed by atoms with E-state index in [-0.39, 0.29) is 24.4 Å². The van der Waals surface area contributed by atoms with Gasteiger partial charge in [0.25, 0.3) is 0 Å². The van der Waals surface area contributed by atoms with Crippen molar-refractivity contribution in [2.75, 3.05) is 20.2 Å². The largest absolute Gasteiger partial charge is 0.497 e. The van der Waals surface area contributed by atoms with Crippen LogP contribution in [-0.2, 0) is 21.2 Å². The molecule has 10 heteroatoms.